The number of aliphatic hydroxyl groups is 1. The van der Waals surface area contributed by atoms with Crippen LogP contribution in [-0.2, 0) is 6.54 Å². The Morgan fingerprint density at radius 1 is 1.57 bits per heavy atom. The minimum atomic E-state index is -0.176. The van der Waals surface area contributed by atoms with Gasteiger partial charge >= 0.3 is 0 Å². The van der Waals surface area contributed by atoms with E-state index in [0.717, 1.165) is 29.1 Å². The van der Waals surface area contributed by atoms with Gasteiger partial charge < -0.3 is 10.4 Å². The monoisotopic (exact) mass is 208 g/mol. The predicted molar refractivity (Wildman–Crippen MR) is 54.9 cm³/mol. The van der Waals surface area contributed by atoms with Gasteiger partial charge in [0, 0.05) is 17.5 Å². The van der Waals surface area contributed by atoms with Crippen LogP contribution >= 0.6 is 11.3 Å². The van der Waals surface area contributed by atoms with Crippen LogP contribution in [0.25, 0.3) is 0 Å². The maximum atomic E-state index is 9.33. The Kier molecular flexibility index (Phi) is 2.82. The first-order valence-corrected chi connectivity index (χ1v) is 5.51. The molecule has 2 atom stereocenters. The number of aliphatic hydroxyl groups excluding tert-OH is 1. The van der Waals surface area contributed by atoms with Gasteiger partial charge in [-0.05, 0) is 25.0 Å². The molecule has 1 aromatic heterocycles. The topological polar surface area (TPSA) is 56.0 Å². The fourth-order valence-corrected chi connectivity index (χ4v) is 2.24. The minimum absolute atomic E-state index is 0.176. The first-order chi connectivity index (χ1) is 6.79. The third-order valence-corrected chi connectivity index (χ3v) is 3.54. The van der Waals surface area contributed by atoms with E-state index in [1.54, 1.807) is 0 Å². The van der Waals surface area contributed by atoms with Crippen molar-refractivity contribution in [2.75, 3.05) is 0 Å². The second kappa shape index (κ2) is 4.09. The van der Waals surface area contributed by atoms with Crippen LogP contribution in [0.15, 0.2) is 12.1 Å². The lowest BCUT2D eigenvalue weighted by Crippen LogP contribution is -2.47. The maximum Gasteiger partial charge on any atom is 0.110 e. The molecular formula is C10H12N2OS. The number of hydrogen-bond acceptors (Lipinski definition) is 4. The Morgan fingerprint density at radius 2 is 2.43 bits per heavy atom. The lowest BCUT2D eigenvalue weighted by molar-refractivity contribution is 0.0494. The maximum absolute atomic E-state index is 9.33. The van der Waals surface area contributed by atoms with E-state index in [9.17, 15) is 5.11 Å². The molecule has 1 aromatic rings. The third kappa shape index (κ3) is 1.95. The summed E-state index contributed by atoms with van der Waals surface area (Å²) in [6.07, 6.45) is 1.79. The first kappa shape index (κ1) is 9.66. The molecule has 0 bridgehead atoms. The van der Waals surface area contributed by atoms with Crippen molar-refractivity contribution >= 4 is 11.3 Å². The Balaban J connectivity index is 1.83. The number of nitrogens with one attached hydrogen (secondary N) is 1. The van der Waals surface area contributed by atoms with Crippen molar-refractivity contribution in [1.29, 1.82) is 5.26 Å². The smallest absolute Gasteiger partial charge is 0.110 e. The Bertz CT molecular complexity index is 355. The molecule has 1 fully saturated rings. The fraction of sp³-hybridized carbons (Fsp3) is 0.500. The highest BCUT2D eigenvalue weighted by molar-refractivity contribution is 7.12. The van der Waals surface area contributed by atoms with Crippen LogP contribution in [-0.4, -0.2) is 17.3 Å². The van der Waals surface area contributed by atoms with Crippen LogP contribution in [0.4, 0.5) is 0 Å². The number of hydrogen-bond donors (Lipinski definition) is 2. The van der Waals surface area contributed by atoms with E-state index in [2.05, 4.69) is 11.4 Å². The lowest BCUT2D eigenvalue weighted by Gasteiger charge is -2.33. The standard InChI is InChI=1S/C10H12N2OS/c11-5-7-1-2-8(14-7)6-12-9-3-4-10(9)13/h1-2,9-10,12-13H,3-4,6H2/t9-,10-/m1/s1. The molecule has 14 heavy (non-hydrogen) atoms. The minimum Gasteiger partial charge on any atom is -0.392 e. The summed E-state index contributed by atoms with van der Waals surface area (Å²) in [6.45, 7) is 0.758. The molecule has 0 spiro atoms. The first-order valence-electron chi connectivity index (χ1n) is 4.70. The van der Waals surface area contributed by atoms with E-state index < -0.39 is 0 Å². The van der Waals surface area contributed by atoms with Gasteiger partial charge in [0.2, 0.25) is 0 Å². The molecule has 2 N–H and O–H groups in total. The zero-order chi connectivity index (χ0) is 9.97. The van der Waals surface area contributed by atoms with Gasteiger partial charge in [-0.15, -0.1) is 11.3 Å². The van der Waals surface area contributed by atoms with Crippen LogP contribution in [0.5, 0.6) is 0 Å². The molecule has 1 aliphatic rings. The van der Waals surface area contributed by atoms with Gasteiger partial charge in [-0.1, -0.05) is 0 Å². The van der Waals surface area contributed by atoms with Crippen molar-refractivity contribution in [2.24, 2.45) is 0 Å². The van der Waals surface area contributed by atoms with Crippen LogP contribution < -0.4 is 5.32 Å². The van der Waals surface area contributed by atoms with Crippen molar-refractivity contribution in [3.05, 3.63) is 21.9 Å². The zero-order valence-electron chi connectivity index (χ0n) is 7.73. The molecule has 1 heterocycles. The van der Waals surface area contributed by atoms with Crippen LogP contribution in [0, 0.1) is 11.3 Å². The average molecular weight is 208 g/mol. The summed E-state index contributed by atoms with van der Waals surface area (Å²) in [5.41, 5.74) is 0. The zero-order valence-corrected chi connectivity index (χ0v) is 8.55. The molecule has 0 unspecified atom stereocenters. The summed E-state index contributed by atoms with van der Waals surface area (Å²) in [6, 6.07) is 6.16. The molecule has 0 aromatic carbocycles. The lowest BCUT2D eigenvalue weighted by atomic mass is 9.89. The molecule has 1 saturated carbocycles. The second-order valence-electron chi connectivity index (χ2n) is 3.51. The molecule has 0 aliphatic heterocycles. The number of rotatable bonds is 3. The summed E-state index contributed by atoms with van der Waals surface area (Å²) < 4.78 is 0. The molecular weight excluding hydrogens is 196 g/mol. The largest absolute Gasteiger partial charge is 0.392 e. The van der Waals surface area contributed by atoms with E-state index in [1.165, 1.54) is 11.3 Å². The van der Waals surface area contributed by atoms with Gasteiger partial charge in [-0.2, -0.15) is 5.26 Å². The third-order valence-electron chi connectivity index (χ3n) is 2.55. The second-order valence-corrected chi connectivity index (χ2v) is 4.68. The molecule has 0 radical (unpaired) electrons. The Morgan fingerprint density at radius 3 is 2.93 bits per heavy atom. The Hall–Kier alpha value is -0.890. The summed E-state index contributed by atoms with van der Waals surface area (Å²) in [5.74, 6) is 0. The molecule has 1 aliphatic carbocycles. The molecule has 3 nitrogen and oxygen atoms in total. The van der Waals surface area contributed by atoms with Gasteiger partial charge in [-0.25, -0.2) is 0 Å². The van der Waals surface area contributed by atoms with Gasteiger partial charge in [-0.3, -0.25) is 0 Å². The van der Waals surface area contributed by atoms with Gasteiger partial charge in [0.1, 0.15) is 10.9 Å². The van der Waals surface area contributed by atoms with Crippen molar-refractivity contribution in [3.63, 3.8) is 0 Å². The van der Waals surface area contributed by atoms with Crippen molar-refractivity contribution in [1.82, 2.24) is 5.32 Å². The highest BCUT2D eigenvalue weighted by atomic mass is 32.1. The van der Waals surface area contributed by atoms with E-state index in [1.807, 2.05) is 12.1 Å². The molecule has 0 saturated heterocycles. The quantitative estimate of drug-likeness (QED) is 0.785. The number of thiophene rings is 1. The molecule has 74 valence electrons. The van der Waals surface area contributed by atoms with Crippen molar-refractivity contribution in [2.45, 2.75) is 31.5 Å². The van der Waals surface area contributed by atoms with E-state index in [0.29, 0.717) is 0 Å². The summed E-state index contributed by atoms with van der Waals surface area (Å²) in [7, 11) is 0. The highest BCUT2D eigenvalue weighted by Crippen LogP contribution is 2.21. The van der Waals surface area contributed by atoms with Crippen LogP contribution in [0.2, 0.25) is 0 Å². The number of nitriles is 1. The van der Waals surface area contributed by atoms with Crippen molar-refractivity contribution in [3.8, 4) is 6.07 Å². The summed E-state index contributed by atoms with van der Waals surface area (Å²) in [4.78, 5) is 1.90. The van der Waals surface area contributed by atoms with Gasteiger partial charge in [0.25, 0.3) is 0 Å². The van der Waals surface area contributed by atoms with Crippen LogP contribution in [0.3, 0.4) is 0 Å². The van der Waals surface area contributed by atoms with Crippen molar-refractivity contribution < 1.29 is 5.11 Å². The average Bonchev–Trinajstić information content (AvgIpc) is 2.64. The van der Waals surface area contributed by atoms with E-state index in [4.69, 9.17) is 5.26 Å². The fourth-order valence-electron chi connectivity index (χ4n) is 1.49. The predicted octanol–water partition coefficient (Wildman–Crippen LogP) is 1.23. The molecule has 2 rings (SSSR count). The van der Waals surface area contributed by atoms with E-state index in [-0.39, 0.29) is 12.1 Å². The number of nitrogens with zero attached hydrogens (tertiary/aromatic N) is 1. The SMILES string of the molecule is N#Cc1ccc(CN[C@@H]2CC[C@H]2O)s1. The van der Waals surface area contributed by atoms with E-state index >= 15 is 0 Å². The van der Waals surface area contributed by atoms with Gasteiger partial charge in [0.05, 0.1) is 6.10 Å². The van der Waals surface area contributed by atoms with Gasteiger partial charge in [0.15, 0.2) is 0 Å². The Labute approximate surface area is 87.0 Å². The highest BCUT2D eigenvalue weighted by Gasteiger charge is 2.27. The summed E-state index contributed by atoms with van der Waals surface area (Å²) >= 11 is 1.51. The molecule has 4 heteroatoms. The normalized spacial score (nSPS) is 25.4. The molecule has 0 amide bonds. The summed E-state index contributed by atoms with van der Waals surface area (Å²) in [5, 5.41) is 21.2. The van der Waals surface area contributed by atoms with Crippen LogP contribution in [0.1, 0.15) is 22.6 Å².